The molecule has 1 saturated heterocycles. The Bertz CT molecular complexity index is 2020. The number of methoxy groups -OCH3 is 2. The maximum atomic E-state index is 13.8. The second-order valence-corrected chi connectivity index (χ2v) is 11.8. The van der Waals surface area contributed by atoms with Gasteiger partial charge >= 0.3 is 5.97 Å². The molecule has 6 rings (SSSR count). The van der Waals surface area contributed by atoms with Gasteiger partial charge in [0.15, 0.2) is 11.6 Å². The number of rotatable bonds is 10. The van der Waals surface area contributed by atoms with Gasteiger partial charge in [0.2, 0.25) is 5.88 Å². The van der Waals surface area contributed by atoms with Crippen molar-refractivity contribution in [3.05, 3.63) is 94.9 Å². The standard InChI is InChI=1S/C36H33ClF2N6O3/c1-5-21-16-29-31(40-17-21)33(44-34(42-29)32(38)39)41-27-11-7-8-24(20(27)2)25-9-6-10-26(30(25)37)28-13-12-22(35(43-28)47-3)18-45-15-14-23(19-45)36(46)48-4/h5-13,16-17,23,32H,1,14-15,18-19H2,2-4H3,(H,41,42,44)/t23-/m1/s1. The van der Waals surface area contributed by atoms with Gasteiger partial charge in [0.25, 0.3) is 6.43 Å². The lowest BCUT2D eigenvalue weighted by Crippen LogP contribution is -2.24. The number of ether oxygens (including phenoxy) is 2. The average molecular weight is 671 g/mol. The van der Waals surface area contributed by atoms with E-state index in [0.717, 1.165) is 35.2 Å². The molecule has 246 valence electrons. The number of benzene rings is 2. The summed E-state index contributed by atoms with van der Waals surface area (Å²) in [6.45, 7) is 7.62. The number of hydrogen-bond donors (Lipinski definition) is 1. The number of hydrogen-bond acceptors (Lipinski definition) is 9. The largest absolute Gasteiger partial charge is 0.481 e. The summed E-state index contributed by atoms with van der Waals surface area (Å²) in [4.78, 5) is 31.5. The van der Waals surface area contributed by atoms with Gasteiger partial charge in [0.1, 0.15) is 5.52 Å². The van der Waals surface area contributed by atoms with Crippen LogP contribution in [-0.4, -0.2) is 58.1 Å². The fraction of sp³-hybridized carbons (Fsp3) is 0.250. The normalized spacial score (nSPS) is 14.8. The molecule has 0 radical (unpaired) electrons. The predicted octanol–water partition coefficient (Wildman–Crippen LogP) is 8.04. The summed E-state index contributed by atoms with van der Waals surface area (Å²) in [6.07, 6.45) is 1.05. The Morgan fingerprint density at radius 1 is 1.10 bits per heavy atom. The second kappa shape index (κ2) is 14.0. The van der Waals surface area contributed by atoms with Gasteiger partial charge in [-0.25, -0.2) is 23.7 Å². The van der Waals surface area contributed by atoms with Crippen LogP contribution in [0.25, 0.3) is 39.5 Å². The van der Waals surface area contributed by atoms with Gasteiger partial charge in [-0.1, -0.05) is 60.7 Å². The molecule has 0 unspecified atom stereocenters. The van der Waals surface area contributed by atoms with Crippen LogP contribution in [0.3, 0.4) is 0 Å². The Hall–Kier alpha value is -5.00. The van der Waals surface area contributed by atoms with E-state index in [1.165, 1.54) is 7.11 Å². The predicted molar refractivity (Wildman–Crippen MR) is 182 cm³/mol. The number of pyridine rings is 2. The van der Waals surface area contributed by atoms with E-state index < -0.39 is 12.2 Å². The van der Waals surface area contributed by atoms with Crippen molar-refractivity contribution in [2.45, 2.75) is 26.3 Å². The molecular weight excluding hydrogens is 638 g/mol. The van der Waals surface area contributed by atoms with E-state index in [4.69, 9.17) is 26.1 Å². The van der Waals surface area contributed by atoms with Gasteiger partial charge in [-0.05, 0) is 54.8 Å². The van der Waals surface area contributed by atoms with Gasteiger partial charge in [-0.3, -0.25) is 14.7 Å². The molecule has 4 heterocycles. The topological polar surface area (TPSA) is 102 Å². The minimum Gasteiger partial charge on any atom is -0.481 e. The van der Waals surface area contributed by atoms with Crippen molar-refractivity contribution in [2.24, 2.45) is 5.92 Å². The van der Waals surface area contributed by atoms with Crippen molar-refractivity contribution in [3.63, 3.8) is 0 Å². The molecule has 1 aliphatic heterocycles. The minimum absolute atomic E-state index is 0.135. The zero-order valence-electron chi connectivity index (χ0n) is 26.6. The van der Waals surface area contributed by atoms with Gasteiger partial charge < -0.3 is 14.8 Å². The zero-order chi connectivity index (χ0) is 33.9. The number of anilines is 2. The summed E-state index contributed by atoms with van der Waals surface area (Å²) in [5.41, 5.74) is 6.61. The lowest BCUT2D eigenvalue weighted by atomic mass is 9.96. The molecule has 5 aromatic rings. The summed E-state index contributed by atoms with van der Waals surface area (Å²) in [5.74, 6) is -0.280. The number of carbonyl (C=O) groups excluding carboxylic acids is 1. The SMILES string of the molecule is C=Cc1cnc2c(Nc3cccc(-c4cccc(-c5ccc(CN6CC[C@@H](C(=O)OC)C6)c(OC)n5)c4Cl)c3C)nc(C(F)F)nc2c1. The number of aromatic nitrogens is 4. The van der Waals surface area contributed by atoms with E-state index in [9.17, 15) is 13.6 Å². The number of likely N-dealkylation sites (tertiary alicyclic amines) is 1. The Morgan fingerprint density at radius 2 is 1.88 bits per heavy atom. The lowest BCUT2D eigenvalue weighted by molar-refractivity contribution is -0.144. The van der Waals surface area contributed by atoms with Crippen LogP contribution in [0.5, 0.6) is 5.88 Å². The number of halogens is 3. The number of fused-ring (bicyclic) bond motifs is 1. The number of carbonyl (C=O) groups is 1. The van der Waals surface area contributed by atoms with Crippen molar-refractivity contribution in [2.75, 3.05) is 32.6 Å². The summed E-state index contributed by atoms with van der Waals surface area (Å²) in [6, 6.07) is 16.9. The smallest absolute Gasteiger partial charge is 0.310 e. The first-order chi connectivity index (χ1) is 23.2. The Morgan fingerprint density at radius 3 is 2.62 bits per heavy atom. The molecule has 3 aromatic heterocycles. The quantitative estimate of drug-likeness (QED) is 0.148. The van der Waals surface area contributed by atoms with Crippen LogP contribution in [0.1, 0.15) is 35.4 Å². The molecule has 1 aliphatic rings. The summed E-state index contributed by atoms with van der Waals surface area (Å²) in [5, 5.41) is 3.70. The minimum atomic E-state index is -2.86. The molecule has 0 saturated carbocycles. The maximum Gasteiger partial charge on any atom is 0.310 e. The van der Waals surface area contributed by atoms with Crippen molar-refractivity contribution < 1.29 is 23.0 Å². The van der Waals surface area contributed by atoms with Gasteiger partial charge in [-0.15, -0.1) is 0 Å². The molecular formula is C36H33ClF2N6O3. The molecule has 9 nitrogen and oxygen atoms in total. The fourth-order valence-corrected chi connectivity index (χ4v) is 6.29. The van der Waals surface area contributed by atoms with Crippen LogP contribution in [0, 0.1) is 12.8 Å². The van der Waals surface area contributed by atoms with E-state index in [0.29, 0.717) is 52.0 Å². The highest BCUT2D eigenvalue weighted by Crippen LogP contribution is 2.40. The number of nitrogens with zero attached hydrogens (tertiary/aromatic N) is 5. The van der Waals surface area contributed by atoms with Crippen LogP contribution >= 0.6 is 11.6 Å². The summed E-state index contributed by atoms with van der Waals surface area (Å²) >= 11 is 7.08. The van der Waals surface area contributed by atoms with Gasteiger partial charge in [-0.2, -0.15) is 0 Å². The first-order valence-electron chi connectivity index (χ1n) is 15.3. The van der Waals surface area contributed by atoms with Gasteiger partial charge in [0.05, 0.1) is 36.4 Å². The third-order valence-corrected chi connectivity index (χ3v) is 8.90. The molecule has 2 aromatic carbocycles. The van der Waals surface area contributed by atoms with E-state index in [1.807, 2.05) is 55.5 Å². The first kappa shape index (κ1) is 32.9. The molecule has 1 atom stereocenters. The lowest BCUT2D eigenvalue weighted by Gasteiger charge is -2.18. The molecule has 48 heavy (non-hydrogen) atoms. The van der Waals surface area contributed by atoms with E-state index in [-0.39, 0.29) is 23.2 Å². The van der Waals surface area contributed by atoms with Crippen LogP contribution in [0.2, 0.25) is 5.02 Å². The molecule has 0 amide bonds. The van der Waals surface area contributed by atoms with Crippen LogP contribution in [0.4, 0.5) is 20.3 Å². The summed E-state index contributed by atoms with van der Waals surface area (Å²) < 4.78 is 38.1. The van der Waals surface area contributed by atoms with Crippen molar-refractivity contribution in [3.8, 4) is 28.3 Å². The zero-order valence-corrected chi connectivity index (χ0v) is 27.4. The molecule has 12 heteroatoms. The molecule has 1 fully saturated rings. The number of nitrogens with one attached hydrogen (secondary N) is 1. The highest BCUT2D eigenvalue weighted by molar-refractivity contribution is 6.36. The van der Waals surface area contributed by atoms with Gasteiger partial charge in [0, 0.05) is 41.7 Å². The van der Waals surface area contributed by atoms with E-state index in [1.54, 1.807) is 25.4 Å². The third kappa shape index (κ3) is 6.56. The third-order valence-electron chi connectivity index (χ3n) is 8.49. The van der Waals surface area contributed by atoms with E-state index >= 15 is 0 Å². The number of esters is 1. The van der Waals surface area contributed by atoms with Crippen molar-refractivity contribution in [1.82, 2.24) is 24.8 Å². The van der Waals surface area contributed by atoms with Crippen molar-refractivity contribution >= 4 is 46.2 Å². The van der Waals surface area contributed by atoms with E-state index in [2.05, 4.69) is 31.7 Å². The van der Waals surface area contributed by atoms with Crippen molar-refractivity contribution in [1.29, 1.82) is 0 Å². The fourth-order valence-electron chi connectivity index (χ4n) is 5.97. The Labute approximate surface area is 281 Å². The Kier molecular flexibility index (Phi) is 9.61. The highest BCUT2D eigenvalue weighted by atomic mass is 35.5. The highest BCUT2D eigenvalue weighted by Gasteiger charge is 2.29. The van der Waals surface area contributed by atoms with Crippen LogP contribution in [-0.2, 0) is 16.1 Å². The number of alkyl halides is 2. The Balaban J connectivity index is 1.31. The molecule has 1 N–H and O–H groups in total. The first-order valence-corrected chi connectivity index (χ1v) is 15.7. The molecule has 0 spiro atoms. The average Bonchev–Trinajstić information content (AvgIpc) is 3.57. The monoisotopic (exact) mass is 670 g/mol. The second-order valence-electron chi connectivity index (χ2n) is 11.5. The van der Waals surface area contributed by atoms with Crippen LogP contribution < -0.4 is 10.1 Å². The van der Waals surface area contributed by atoms with Crippen LogP contribution in [0.15, 0.2) is 67.4 Å². The maximum absolute atomic E-state index is 13.8. The summed E-state index contributed by atoms with van der Waals surface area (Å²) in [7, 11) is 2.99. The molecule has 0 aliphatic carbocycles. The molecule has 0 bridgehead atoms.